The van der Waals surface area contributed by atoms with E-state index in [-0.39, 0.29) is 0 Å². The van der Waals surface area contributed by atoms with Crippen LogP contribution in [0.2, 0.25) is 0 Å². The van der Waals surface area contributed by atoms with E-state index in [0.29, 0.717) is 29.5 Å². The smallest absolute Gasteiger partial charge is 0.335 e. The zero-order valence-electron chi connectivity index (χ0n) is 11.8. The third-order valence-corrected chi connectivity index (χ3v) is 3.12. The van der Waals surface area contributed by atoms with Gasteiger partial charge in [0.25, 0.3) is 0 Å². The number of rotatable bonds is 5. The largest absolute Gasteiger partial charge is 0.487 e. The molecule has 20 heavy (non-hydrogen) atoms. The summed E-state index contributed by atoms with van der Waals surface area (Å²) in [5.74, 6) is -0.268. The number of carboxylic acids is 1. The summed E-state index contributed by atoms with van der Waals surface area (Å²) in [4.78, 5) is 15.1. The summed E-state index contributed by atoms with van der Waals surface area (Å²) >= 11 is 0. The lowest BCUT2D eigenvalue weighted by atomic mass is 10.1. The Morgan fingerprint density at radius 2 is 2.20 bits per heavy atom. The van der Waals surface area contributed by atoms with E-state index in [0.717, 1.165) is 5.69 Å². The highest BCUT2D eigenvalue weighted by Crippen LogP contribution is 2.19. The Labute approximate surface area is 117 Å². The first kappa shape index (κ1) is 14.1. The Bertz CT molecular complexity index is 617. The standard InChI is InChI=1S/C15H18N2O3/c1-10(2)17-9-16-7-12(17)8-20-13-4-5-14(15(18)19)11(3)6-13/h4-7,9-10H,8H2,1-3H3,(H,18,19). The number of ether oxygens (including phenoxy) is 1. The van der Waals surface area contributed by atoms with E-state index >= 15 is 0 Å². The fourth-order valence-electron chi connectivity index (χ4n) is 2.03. The molecule has 0 unspecified atom stereocenters. The molecule has 0 bridgehead atoms. The second-order valence-corrected chi connectivity index (χ2v) is 4.96. The Morgan fingerprint density at radius 3 is 2.80 bits per heavy atom. The van der Waals surface area contributed by atoms with Gasteiger partial charge >= 0.3 is 5.97 Å². The number of aromatic nitrogens is 2. The van der Waals surface area contributed by atoms with Gasteiger partial charge in [-0.25, -0.2) is 9.78 Å². The molecule has 5 nitrogen and oxygen atoms in total. The molecule has 0 aliphatic heterocycles. The highest BCUT2D eigenvalue weighted by molar-refractivity contribution is 5.89. The van der Waals surface area contributed by atoms with Crippen molar-refractivity contribution in [1.82, 2.24) is 9.55 Å². The molecular weight excluding hydrogens is 256 g/mol. The van der Waals surface area contributed by atoms with E-state index in [1.54, 1.807) is 37.6 Å². The molecule has 2 aromatic rings. The summed E-state index contributed by atoms with van der Waals surface area (Å²) in [5, 5.41) is 8.98. The maximum Gasteiger partial charge on any atom is 0.335 e. The summed E-state index contributed by atoms with van der Waals surface area (Å²) in [6.45, 7) is 6.33. The molecule has 0 fully saturated rings. The van der Waals surface area contributed by atoms with Crippen molar-refractivity contribution in [2.75, 3.05) is 0 Å². The van der Waals surface area contributed by atoms with E-state index < -0.39 is 5.97 Å². The predicted octanol–water partition coefficient (Wildman–Crippen LogP) is 3.05. The van der Waals surface area contributed by atoms with E-state index in [4.69, 9.17) is 9.84 Å². The molecule has 0 aliphatic rings. The molecule has 0 saturated carbocycles. The van der Waals surface area contributed by atoms with Gasteiger partial charge in [-0.1, -0.05) is 0 Å². The van der Waals surface area contributed by atoms with Crippen LogP contribution in [0.25, 0.3) is 0 Å². The fourth-order valence-corrected chi connectivity index (χ4v) is 2.03. The summed E-state index contributed by atoms with van der Waals surface area (Å²) in [7, 11) is 0. The lowest BCUT2D eigenvalue weighted by Crippen LogP contribution is -2.07. The molecule has 0 aliphatic carbocycles. The summed E-state index contributed by atoms with van der Waals surface area (Å²) in [6.07, 6.45) is 3.56. The lowest BCUT2D eigenvalue weighted by Gasteiger charge is -2.13. The molecule has 0 saturated heterocycles. The first-order valence-electron chi connectivity index (χ1n) is 6.46. The number of aromatic carboxylic acids is 1. The Kier molecular flexibility index (Phi) is 4.08. The van der Waals surface area contributed by atoms with Crippen LogP contribution < -0.4 is 4.74 Å². The van der Waals surface area contributed by atoms with Crippen molar-refractivity contribution in [1.29, 1.82) is 0 Å². The van der Waals surface area contributed by atoms with E-state index in [1.165, 1.54) is 0 Å². The molecule has 5 heteroatoms. The van der Waals surface area contributed by atoms with Gasteiger partial charge in [0.05, 0.1) is 23.8 Å². The predicted molar refractivity (Wildman–Crippen MR) is 75.1 cm³/mol. The monoisotopic (exact) mass is 274 g/mol. The minimum Gasteiger partial charge on any atom is -0.487 e. The van der Waals surface area contributed by atoms with Gasteiger partial charge in [0, 0.05) is 6.04 Å². The van der Waals surface area contributed by atoms with Crippen LogP contribution in [0.1, 0.15) is 41.5 Å². The maximum atomic E-state index is 10.9. The Balaban J connectivity index is 2.09. The van der Waals surface area contributed by atoms with Crippen LogP contribution in [0.5, 0.6) is 5.75 Å². The van der Waals surface area contributed by atoms with E-state index in [1.807, 2.05) is 4.57 Å². The Hall–Kier alpha value is -2.30. The van der Waals surface area contributed by atoms with Gasteiger partial charge in [-0.3, -0.25) is 0 Å². The van der Waals surface area contributed by atoms with Crippen LogP contribution in [-0.4, -0.2) is 20.6 Å². The van der Waals surface area contributed by atoms with E-state index in [2.05, 4.69) is 18.8 Å². The zero-order valence-corrected chi connectivity index (χ0v) is 11.8. The average molecular weight is 274 g/mol. The van der Waals surface area contributed by atoms with Gasteiger partial charge in [0.15, 0.2) is 0 Å². The molecule has 0 spiro atoms. The highest BCUT2D eigenvalue weighted by Gasteiger charge is 2.09. The van der Waals surface area contributed by atoms with Gasteiger partial charge in [0.2, 0.25) is 0 Å². The first-order chi connectivity index (χ1) is 9.49. The second kappa shape index (κ2) is 5.77. The van der Waals surface area contributed by atoms with Crippen LogP contribution >= 0.6 is 0 Å². The normalized spacial score (nSPS) is 10.8. The van der Waals surface area contributed by atoms with Crippen molar-refractivity contribution in [3.8, 4) is 5.75 Å². The average Bonchev–Trinajstić information content (AvgIpc) is 2.84. The first-order valence-corrected chi connectivity index (χ1v) is 6.46. The van der Waals surface area contributed by atoms with Gasteiger partial charge in [-0.2, -0.15) is 0 Å². The van der Waals surface area contributed by atoms with Gasteiger partial charge in [-0.05, 0) is 44.5 Å². The minimum atomic E-state index is -0.924. The van der Waals surface area contributed by atoms with Crippen LogP contribution in [0.4, 0.5) is 0 Å². The third kappa shape index (κ3) is 2.99. The molecule has 1 N–H and O–H groups in total. The van der Waals surface area contributed by atoms with Crippen molar-refractivity contribution in [2.45, 2.75) is 33.4 Å². The summed E-state index contributed by atoms with van der Waals surface area (Å²) in [5.41, 5.74) is 1.97. The minimum absolute atomic E-state index is 0.296. The number of imidazole rings is 1. The highest BCUT2D eigenvalue weighted by atomic mass is 16.5. The molecule has 0 radical (unpaired) electrons. The molecule has 0 atom stereocenters. The van der Waals surface area contributed by atoms with Crippen molar-refractivity contribution in [3.05, 3.63) is 47.5 Å². The number of hydrogen-bond donors (Lipinski definition) is 1. The van der Waals surface area contributed by atoms with Gasteiger partial charge in [-0.15, -0.1) is 0 Å². The lowest BCUT2D eigenvalue weighted by molar-refractivity contribution is 0.0696. The molecule has 1 heterocycles. The molecule has 1 aromatic heterocycles. The number of nitrogens with zero attached hydrogens (tertiary/aromatic N) is 2. The quantitative estimate of drug-likeness (QED) is 0.910. The van der Waals surface area contributed by atoms with Crippen LogP contribution in [0, 0.1) is 6.92 Å². The van der Waals surface area contributed by atoms with Crippen molar-refractivity contribution >= 4 is 5.97 Å². The summed E-state index contributed by atoms with van der Waals surface area (Å²) in [6, 6.07) is 5.30. The Morgan fingerprint density at radius 1 is 1.45 bits per heavy atom. The SMILES string of the molecule is Cc1cc(OCc2cncn2C(C)C)ccc1C(=O)O. The molecule has 2 rings (SSSR count). The third-order valence-electron chi connectivity index (χ3n) is 3.12. The number of benzene rings is 1. The molecular formula is C15H18N2O3. The number of aryl methyl sites for hydroxylation is 1. The molecule has 1 aromatic carbocycles. The molecule has 106 valence electrons. The van der Waals surface area contributed by atoms with Crippen molar-refractivity contribution < 1.29 is 14.6 Å². The summed E-state index contributed by atoms with van der Waals surface area (Å²) < 4.78 is 7.74. The number of hydrogen-bond acceptors (Lipinski definition) is 3. The van der Waals surface area contributed by atoms with Crippen molar-refractivity contribution in [2.24, 2.45) is 0 Å². The van der Waals surface area contributed by atoms with E-state index in [9.17, 15) is 4.79 Å². The van der Waals surface area contributed by atoms with Gasteiger partial charge < -0.3 is 14.4 Å². The van der Waals surface area contributed by atoms with Crippen LogP contribution in [0.15, 0.2) is 30.7 Å². The fraction of sp³-hybridized carbons (Fsp3) is 0.333. The zero-order chi connectivity index (χ0) is 14.7. The topological polar surface area (TPSA) is 64.4 Å². The van der Waals surface area contributed by atoms with Crippen LogP contribution in [0.3, 0.4) is 0 Å². The van der Waals surface area contributed by atoms with Crippen LogP contribution in [-0.2, 0) is 6.61 Å². The van der Waals surface area contributed by atoms with Gasteiger partial charge in [0.1, 0.15) is 12.4 Å². The maximum absolute atomic E-state index is 10.9. The van der Waals surface area contributed by atoms with Crippen molar-refractivity contribution in [3.63, 3.8) is 0 Å². The number of carbonyl (C=O) groups is 1. The second-order valence-electron chi connectivity index (χ2n) is 4.96. The molecule has 0 amide bonds. The number of carboxylic acid groups (broad SMARTS) is 1.